The summed E-state index contributed by atoms with van der Waals surface area (Å²) in [6.45, 7) is 2.54. The van der Waals surface area contributed by atoms with Crippen LogP contribution in [0.5, 0.6) is 5.75 Å². The largest absolute Gasteiger partial charge is 0.507 e. The molecule has 1 amide bonds. The lowest BCUT2D eigenvalue weighted by atomic mass is 10.00. The molecule has 2 aliphatic heterocycles. The van der Waals surface area contributed by atoms with Crippen LogP contribution in [0.1, 0.15) is 22.7 Å². The number of nitrogens with two attached hydrogens (primary N) is 1. The van der Waals surface area contributed by atoms with E-state index in [-0.39, 0.29) is 29.9 Å². The van der Waals surface area contributed by atoms with E-state index < -0.39 is 0 Å². The number of amides is 1. The molecule has 43 heavy (non-hydrogen) atoms. The molecular weight excluding hydrogens is 546 g/mol. The van der Waals surface area contributed by atoms with Gasteiger partial charge in [0.1, 0.15) is 11.6 Å². The number of carbonyl (C=O) groups excluding carboxylic acids is 1. The summed E-state index contributed by atoms with van der Waals surface area (Å²) in [4.78, 5) is 30.2. The number of phenols is 1. The number of aromatic hydroxyl groups is 1. The average molecular weight is 574 g/mol. The quantitative estimate of drug-likeness (QED) is 0.263. The van der Waals surface area contributed by atoms with Crippen LogP contribution in [0, 0.1) is 17.8 Å². The molecule has 0 saturated carbocycles. The van der Waals surface area contributed by atoms with Gasteiger partial charge in [-0.25, -0.2) is 19.5 Å². The van der Waals surface area contributed by atoms with Crippen molar-refractivity contribution in [1.82, 2.24) is 40.1 Å². The van der Waals surface area contributed by atoms with Crippen molar-refractivity contribution < 1.29 is 9.90 Å². The number of nitrogen functional groups attached to an aromatic ring is 1. The SMILES string of the molecule is Nc1nnc(-c2ccccc2O)cc1N1CC2CC1CN(c1ccnc(C#CCNC(=O)c3cc4ncccn4n3)n1)C2. The highest BCUT2D eigenvalue weighted by Crippen LogP contribution is 2.38. The number of benzene rings is 1. The van der Waals surface area contributed by atoms with Crippen molar-refractivity contribution >= 4 is 28.9 Å². The Kier molecular flexibility index (Phi) is 6.63. The van der Waals surface area contributed by atoms with E-state index in [1.165, 1.54) is 0 Å². The van der Waals surface area contributed by atoms with Gasteiger partial charge in [-0.1, -0.05) is 18.1 Å². The number of nitrogens with zero attached hydrogens (tertiary/aromatic N) is 9. The van der Waals surface area contributed by atoms with Gasteiger partial charge >= 0.3 is 0 Å². The van der Waals surface area contributed by atoms with Crippen molar-refractivity contribution in [3.63, 3.8) is 0 Å². The highest BCUT2D eigenvalue weighted by molar-refractivity contribution is 5.93. The normalized spacial score (nSPS) is 17.5. The second-order valence-electron chi connectivity index (χ2n) is 10.5. The Morgan fingerprint density at radius 2 is 1.98 bits per heavy atom. The van der Waals surface area contributed by atoms with E-state index in [1.807, 2.05) is 24.3 Å². The van der Waals surface area contributed by atoms with Gasteiger partial charge < -0.3 is 26.0 Å². The van der Waals surface area contributed by atoms with Gasteiger partial charge in [0.05, 0.1) is 17.9 Å². The van der Waals surface area contributed by atoms with Crippen LogP contribution < -0.4 is 20.9 Å². The number of anilines is 3. The van der Waals surface area contributed by atoms with Crippen LogP contribution in [0.4, 0.5) is 17.3 Å². The molecular formula is C30H27N11O2. The van der Waals surface area contributed by atoms with E-state index in [0.29, 0.717) is 34.5 Å². The zero-order chi connectivity index (χ0) is 29.3. The van der Waals surface area contributed by atoms with Gasteiger partial charge in [0.15, 0.2) is 17.2 Å². The fourth-order valence-corrected chi connectivity index (χ4v) is 5.75. The molecule has 4 N–H and O–H groups in total. The summed E-state index contributed by atoms with van der Waals surface area (Å²) in [5, 5.41) is 25.7. The summed E-state index contributed by atoms with van der Waals surface area (Å²) in [7, 11) is 0. The molecule has 0 aliphatic carbocycles. The number of fused-ring (bicyclic) bond motifs is 3. The van der Waals surface area contributed by atoms with E-state index in [1.54, 1.807) is 47.4 Å². The summed E-state index contributed by atoms with van der Waals surface area (Å²) in [5.41, 5.74) is 9.17. The van der Waals surface area contributed by atoms with E-state index in [0.717, 1.165) is 37.6 Å². The van der Waals surface area contributed by atoms with Crippen LogP contribution in [-0.4, -0.2) is 78.0 Å². The smallest absolute Gasteiger partial charge is 0.272 e. The van der Waals surface area contributed by atoms with Crippen LogP contribution in [0.25, 0.3) is 16.9 Å². The molecule has 13 nitrogen and oxygen atoms in total. The fourth-order valence-electron chi connectivity index (χ4n) is 5.75. The number of hydrogen-bond acceptors (Lipinski definition) is 11. The van der Waals surface area contributed by atoms with Crippen LogP contribution in [0.2, 0.25) is 0 Å². The zero-order valence-electron chi connectivity index (χ0n) is 23.0. The van der Waals surface area contributed by atoms with E-state index >= 15 is 0 Å². The Balaban J connectivity index is 1.02. The molecule has 5 aromatic rings. The van der Waals surface area contributed by atoms with Gasteiger partial charge in [0.2, 0.25) is 5.82 Å². The topological polar surface area (TPSA) is 164 Å². The van der Waals surface area contributed by atoms with E-state index in [2.05, 4.69) is 57.2 Å². The van der Waals surface area contributed by atoms with E-state index in [9.17, 15) is 9.90 Å². The number of carbonyl (C=O) groups is 1. The van der Waals surface area contributed by atoms with Crippen molar-refractivity contribution in [3.8, 4) is 28.8 Å². The lowest BCUT2D eigenvalue weighted by Gasteiger charge is -2.34. The molecule has 0 radical (unpaired) electrons. The van der Waals surface area contributed by atoms with Gasteiger partial charge in [0, 0.05) is 55.9 Å². The number of piperidine rings is 1. The molecule has 214 valence electrons. The third-order valence-electron chi connectivity index (χ3n) is 7.67. The molecule has 2 atom stereocenters. The number of rotatable bonds is 5. The lowest BCUT2D eigenvalue weighted by molar-refractivity contribution is 0.0953. The summed E-state index contributed by atoms with van der Waals surface area (Å²) in [6, 6.07) is 14.4. The summed E-state index contributed by atoms with van der Waals surface area (Å²) < 4.78 is 1.54. The maximum absolute atomic E-state index is 12.5. The summed E-state index contributed by atoms with van der Waals surface area (Å²) in [5.74, 6) is 7.65. The minimum Gasteiger partial charge on any atom is -0.507 e. The Bertz CT molecular complexity index is 1860. The first-order valence-electron chi connectivity index (χ1n) is 13.9. The number of phenolic OH excluding ortho intramolecular Hbond substituents is 1. The Morgan fingerprint density at radius 3 is 2.86 bits per heavy atom. The van der Waals surface area contributed by atoms with E-state index in [4.69, 9.17) is 5.73 Å². The van der Waals surface area contributed by atoms with Crippen molar-refractivity contribution in [2.24, 2.45) is 5.92 Å². The molecule has 2 fully saturated rings. The second-order valence-corrected chi connectivity index (χ2v) is 10.5. The Labute approximate surface area is 246 Å². The van der Waals surface area contributed by atoms with Crippen LogP contribution >= 0.6 is 0 Å². The number of hydrogen-bond donors (Lipinski definition) is 3. The van der Waals surface area contributed by atoms with Gasteiger partial charge in [-0.3, -0.25) is 4.79 Å². The molecule has 2 aliphatic rings. The standard InChI is InChI=1S/C30H27N11O2/c31-29-24(14-22(36-37-29)21-5-1-2-6-25(21)42)40-17-19-13-20(40)18-39(16-19)27-8-11-32-26(35-27)7-3-9-34-30(43)23-15-28-33-10-4-12-41(28)38-23/h1-2,4-6,8,10-12,14-15,19-20,42H,9,13,16-18H2,(H2,31,37)(H,34,43). The first-order chi connectivity index (χ1) is 21.0. The summed E-state index contributed by atoms with van der Waals surface area (Å²) >= 11 is 0. The number of para-hydroxylation sites is 1. The van der Waals surface area contributed by atoms with Crippen molar-refractivity contribution in [2.75, 3.05) is 41.7 Å². The lowest BCUT2D eigenvalue weighted by Crippen LogP contribution is -2.43. The Hall–Kier alpha value is -5.77. The monoisotopic (exact) mass is 573 g/mol. The van der Waals surface area contributed by atoms with Gasteiger partial charge in [-0.2, -0.15) is 5.10 Å². The molecule has 0 spiro atoms. The van der Waals surface area contributed by atoms with Gasteiger partial charge in [0.25, 0.3) is 5.91 Å². The highest BCUT2D eigenvalue weighted by atomic mass is 16.3. The predicted octanol–water partition coefficient (Wildman–Crippen LogP) is 1.76. The maximum atomic E-state index is 12.5. The third-order valence-corrected chi connectivity index (χ3v) is 7.67. The minimum atomic E-state index is -0.333. The van der Waals surface area contributed by atoms with Gasteiger partial charge in [-0.15, -0.1) is 10.2 Å². The molecule has 4 aromatic heterocycles. The first kappa shape index (κ1) is 26.1. The average Bonchev–Trinajstić information content (AvgIpc) is 3.60. The molecule has 1 aromatic carbocycles. The molecule has 2 unspecified atom stereocenters. The van der Waals surface area contributed by atoms with Crippen LogP contribution in [0.15, 0.2) is 67.1 Å². The minimum absolute atomic E-state index is 0.126. The highest BCUT2D eigenvalue weighted by Gasteiger charge is 2.40. The summed E-state index contributed by atoms with van der Waals surface area (Å²) in [6.07, 6.45) is 6.11. The predicted molar refractivity (Wildman–Crippen MR) is 159 cm³/mol. The molecule has 6 heterocycles. The molecule has 13 heteroatoms. The maximum Gasteiger partial charge on any atom is 0.272 e. The number of nitrogens with one attached hydrogen (secondary N) is 1. The fraction of sp³-hybridized carbons (Fsp3) is 0.233. The van der Waals surface area contributed by atoms with Crippen LogP contribution in [-0.2, 0) is 0 Å². The third kappa shape index (κ3) is 5.21. The van der Waals surface area contributed by atoms with Crippen molar-refractivity contribution in [3.05, 3.63) is 78.6 Å². The Morgan fingerprint density at radius 1 is 1.07 bits per heavy atom. The van der Waals surface area contributed by atoms with Crippen molar-refractivity contribution in [1.29, 1.82) is 0 Å². The van der Waals surface area contributed by atoms with Crippen LogP contribution in [0.3, 0.4) is 0 Å². The molecule has 7 rings (SSSR count). The number of aromatic nitrogens is 7. The van der Waals surface area contributed by atoms with Crippen molar-refractivity contribution in [2.45, 2.75) is 12.5 Å². The molecule has 2 saturated heterocycles. The van der Waals surface area contributed by atoms with Gasteiger partial charge in [-0.05, 0) is 48.6 Å². The first-order valence-corrected chi connectivity index (χ1v) is 13.9. The zero-order valence-corrected chi connectivity index (χ0v) is 23.0. The second kappa shape index (κ2) is 10.9. The molecule has 2 bridgehead atoms.